The Hall–Kier alpha value is 0.370. The summed E-state index contributed by atoms with van der Waals surface area (Å²) < 4.78 is 14.5. The molecule has 0 radical (unpaired) electrons. The zero-order chi connectivity index (χ0) is 19.0. The number of halogens is 4. The van der Waals surface area contributed by atoms with Gasteiger partial charge in [0.05, 0.1) is 0 Å². The molecule has 6 heteroatoms. The number of aryl methyl sites for hydroxylation is 1. The Balaban J connectivity index is 3.30. The van der Waals surface area contributed by atoms with E-state index in [0.717, 1.165) is 38.5 Å². The summed E-state index contributed by atoms with van der Waals surface area (Å²) in [6, 6.07) is 3.22. The molecule has 0 aliphatic carbocycles. The number of unbranched alkanes of at least 4 members (excludes halogenated alkanes) is 2. The topological polar surface area (TPSA) is 20.3 Å². The summed E-state index contributed by atoms with van der Waals surface area (Å²) in [6.07, 6.45) is 6.28. The van der Waals surface area contributed by atoms with Crippen LogP contribution < -0.4 is 4.90 Å². The number of nitrogens with zero attached hydrogens (tertiary/aromatic N) is 1. The van der Waals surface area contributed by atoms with Crippen LogP contribution in [0, 0.1) is 12.7 Å². The molecule has 0 heterocycles. The number of hydrogen-bond acceptors (Lipinski definition) is 1. The predicted octanol–water partition coefficient (Wildman–Crippen LogP) is 7.36. The third-order valence-corrected chi connectivity index (χ3v) is 8.14. The third-order valence-electron chi connectivity index (χ3n) is 4.20. The Kier molecular flexibility index (Phi) is 11.2. The maximum absolute atomic E-state index is 13.9. The molecule has 0 bridgehead atoms. The van der Waals surface area contributed by atoms with Crippen molar-refractivity contribution in [3.63, 3.8) is 0 Å². The van der Waals surface area contributed by atoms with Gasteiger partial charge in [-0.3, -0.25) is 0 Å². The number of benzene rings is 1. The van der Waals surface area contributed by atoms with Crippen LogP contribution in [0.5, 0.6) is 0 Å². The molecule has 1 amide bonds. The first-order chi connectivity index (χ1) is 11.8. The van der Waals surface area contributed by atoms with Gasteiger partial charge in [-0.15, -0.1) is 0 Å². The van der Waals surface area contributed by atoms with Gasteiger partial charge in [0, 0.05) is 0 Å². The average molecular weight is 596 g/mol. The molecule has 0 saturated heterocycles. The van der Waals surface area contributed by atoms with Crippen molar-refractivity contribution in [2.75, 3.05) is 14.3 Å². The minimum atomic E-state index is -1.25. The molecule has 0 spiro atoms. The fraction of sp³-hybridized carbons (Fsp3) is 0.632. The van der Waals surface area contributed by atoms with Gasteiger partial charge in [-0.25, -0.2) is 0 Å². The molecule has 0 N–H and O–H groups in total. The number of carbonyl (C=O) groups excluding carboxylic acids is 1. The Morgan fingerprint density at radius 2 is 1.84 bits per heavy atom. The van der Waals surface area contributed by atoms with Gasteiger partial charge in [-0.2, -0.15) is 0 Å². The van der Waals surface area contributed by atoms with Crippen molar-refractivity contribution in [3.8, 4) is 0 Å². The van der Waals surface area contributed by atoms with Crippen molar-refractivity contribution in [1.82, 2.24) is 0 Å². The molecule has 0 aliphatic rings. The van der Waals surface area contributed by atoms with E-state index in [0.29, 0.717) is 20.7 Å². The number of amides is 1. The molecule has 0 aromatic heterocycles. The van der Waals surface area contributed by atoms with Crippen LogP contribution in [0.3, 0.4) is 0 Å². The average Bonchev–Trinajstić information content (AvgIpc) is 2.53. The van der Waals surface area contributed by atoms with Crippen molar-refractivity contribution in [3.05, 3.63) is 28.5 Å². The quantitative estimate of drug-likeness (QED) is 0.205. The van der Waals surface area contributed by atoms with Crippen LogP contribution in [0.15, 0.2) is 12.1 Å². The van der Waals surface area contributed by atoms with Gasteiger partial charge in [-0.1, -0.05) is 0 Å². The third kappa shape index (κ3) is 7.48. The molecule has 0 fully saturated rings. The Labute approximate surface area is 173 Å². The summed E-state index contributed by atoms with van der Waals surface area (Å²) in [5, 5.41) is 0.333. The first kappa shape index (κ1) is 23.4. The Morgan fingerprint density at radius 1 is 1.28 bits per heavy atom. The van der Waals surface area contributed by atoms with Crippen LogP contribution in [0.2, 0.25) is 5.02 Å². The van der Waals surface area contributed by atoms with Gasteiger partial charge in [0.1, 0.15) is 0 Å². The van der Waals surface area contributed by atoms with Crippen molar-refractivity contribution < 1.29 is 9.18 Å². The molecular weight excluding hydrogens is 566 g/mol. The monoisotopic (exact) mass is 595 g/mol. The van der Waals surface area contributed by atoms with Crippen molar-refractivity contribution in [2.45, 2.75) is 65.3 Å². The predicted molar refractivity (Wildman–Crippen MR) is 125 cm³/mol. The fourth-order valence-corrected chi connectivity index (χ4v) is 6.03. The van der Waals surface area contributed by atoms with Gasteiger partial charge in [-0.05, 0) is 0 Å². The van der Waals surface area contributed by atoms with E-state index in [-0.39, 0.29) is 17.8 Å². The van der Waals surface area contributed by atoms with E-state index in [1.807, 2.05) is 4.90 Å². The summed E-state index contributed by atoms with van der Waals surface area (Å²) in [5.41, 5.74) is 1.21. The number of hydrogen-bond donors (Lipinski definition) is 0. The fourth-order valence-electron chi connectivity index (χ4n) is 2.87. The summed E-state index contributed by atoms with van der Waals surface area (Å²) in [6.45, 7) is 6.05. The van der Waals surface area contributed by atoms with Gasteiger partial charge >= 0.3 is 175 Å². The second-order valence-electron chi connectivity index (χ2n) is 6.40. The number of alkyl halides is 2. The summed E-state index contributed by atoms with van der Waals surface area (Å²) in [4.78, 5) is 17.2. The minimum absolute atomic E-state index is 0.141. The van der Waals surface area contributed by atoms with Crippen molar-refractivity contribution in [1.29, 1.82) is 0 Å². The standard InChI is InChI=1S/C19H29ClFI2NO/c1-5-7-9-15(10-8-6-2)24(19(25)13-23(4)22)18-11-14(3)17(21)12-16(18)20/h11-12,15H,5-10,13H2,1-4H3. The van der Waals surface area contributed by atoms with E-state index in [9.17, 15) is 9.18 Å². The maximum atomic E-state index is 13.9. The van der Waals surface area contributed by atoms with E-state index in [1.165, 1.54) is 6.07 Å². The van der Waals surface area contributed by atoms with Gasteiger partial charge in [0.2, 0.25) is 0 Å². The molecule has 0 unspecified atom stereocenters. The molecule has 1 aromatic rings. The first-order valence-corrected chi connectivity index (χ1v) is 19.2. The molecule has 0 saturated carbocycles. The Morgan fingerprint density at radius 3 is 2.32 bits per heavy atom. The number of rotatable bonds is 10. The van der Waals surface area contributed by atoms with E-state index >= 15 is 0 Å². The summed E-state index contributed by atoms with van der Waals surface area (Å²) >= 11 is 7.55. The first-order valence-electron chi connectivity index (χ1n) is 8.81. The normalized spacial score (nSPS) is 11.8. The SMILES string of the molecule is CCCCC(CCCC)N(C(=O)CI(C)I)c1cc(C)c(F)cc1Cl. The van der Waals surface area contributed by atoms with Crippen LogP contribution >= 0.6 is 46.1 Å². The number of carbonyl (C=O) groups is 1. The Bertz CT molecular complexity index is 561. The second kappa shape index (κ2) is 12.0. The van der Waals surface area contributed by atoms with E-state index in [1.54, 1.807) is 13.0 Å². The summed E-state index contributed by atoms with van der Waals surface area (Å²) in [5.74, 6) is -0.176. The van der Waals surface area contributed by atoms with Gasteiger partial charge < -0.3 is 0 Å². The van der Waals surface area contributed by atoms with E-state index < -0.39 is 15.8 Å². The van der Waals surface area contributed by atoms with Gasteiger partial charge in [0.15, 0.2) is 0 Å². The van der Waals surface area contributed by atoms with E-state index in [4.69, 9.17) is 11.6 Å². The van der Waals surface area contributed by atoms with Crippen LogP contribution in [-0.2, 0) is 4.79 Å². The van der Waals surface area contributed by atoms with Crippen LogP contribution in [0.1, 0.15) is 57.9 Å². The molecular formula is C19H29ClFI2NO. The zero-order valence-corrected chi connectivity index (χ0v) is 20.6. The number of anilines is 1. The van der Waals surface area contributed by atoms with Crippen molar-refractivity contribution >= 4 is 57.7 Å². The van der Waals surface area contributed by atoms with Crippen LogP contribution in [0.4, 0.5) is 10.1 Å². The summed E-state index contributed by atoms with van der Waals surface area (Å²) in [7, 11) is 0. The zero-order valence-electron chi connectivity index (χ0n) is 15.5. The molecule has 1 aromatic carbocycles. The van der Waals surface area contributed by atoms with E-state index in [2.05, 4.69) is 37.4 Å². The van der Waals surface area contributed by atoms with Gasteiger partial charge in [0.25, 0.3) is 0 Å². The molecule has 144 valence electrons. The molecule has 25 heavy (non-hydrogen) atoms. The molecule has 0 atom stereocenters. The molecule has 1 rings (SSSR count). The van der Waals surface area contributed by atoms with Crippen molar-refractivity contribution in [2.24, 2.45) is 0 Å². The molecule has 2 nitrogen and oxygen atoms in total. The molecule has 0 aliphatic heterocycles. The van der Waals surface area contributed by atoms with Crippen LogP contribution in [-0.4, -0.2) is 21.3 Å². The second-order valence-corrected chi connectivity index (χ2v) is 19.8. The van der Waals surface area contributed by atoms with Crippen LogP contribution in [0.25, 0.3) is 0 Å².